The standard InChI is InChI=1S/C43H34N4O/c1-46-40-22-12-21-36(41(40)47(2)43(46)48)33-17-11-18-34(27-33)39-28-38(32-25-23-30(24-26-32)29-13-5-3-6-14-29)44-42(45-39)37-20-10-9-19-35(37)31-15-7-4-8-16-31/h3-28,40-41H,1-2H3. The quantitative estimate of drug-likeness (QED) is 0.186. The zero-order valence-electron chi connectivity index (χ0n) is 26.9. The van der Waals surface area contributed by atoms with Gasteiger partial charge in [0.15, 0.2) is 5.82 Å². The van der Waals surface area contributed by atoms with Crippen LogP contribution in [-0.2, 0) is 0 Å². The minimum Gasteiger partial charge on any atom is -0.319 e. The minimum absolute atomic E-state index is 0.00300. The number of allylic oxidation sites excluding steroid dienone is 2. The maximum Gasteiger partial charge on any atom is 0.320 e. The molecular weight excluding hydrogens is 589 g/mol. The van der Waals surface area contributed by atoms with Crippen LogP contribution in [0.3, 0.4) is 0 Å². The van der Waals surface area contributed by atoms with Gasteiger partial charge in [0.1, 0.15) is 0 Å². The van der Waals surface area contributed by atoms with Crippen molar-refractivity contribution in [2.75, 3.05) is 14.1 Å². The fraction of sp³-hybridized carbons (Fsp3) is 0.0930. The molecule has 0 N–H and O–H groups in total. The summed E-state index contributed by atoms with van der Waals surface area (Å²) in [6, 6.07) is 48.3. The molecule has 5 aromatic carbocycles. The third kappa shape index (κ3) is 5.29. The molecule has 0 spiro atoms. The zero-order chi connectivity index (χ0) is 32.6. The molecule has 5 heteroatoms. The van der Waals surface area contributed by atoms with Crippen LogP contribution in [0.2, 0.25) is 0 Å². The van der Waals surface area contributed by atoms with E-state index < -0.39 is 0 Å². The minimum atomic E-state index is -0.0554. The summed E-state index contributed by atoms with van der Waals surface area (Å²) in [4.78, 5) is 27.0. The van der Waals surface area contributed by atoms with Crippen molar-refractivity contribution in [3.05, 3.63) is 163 Å². The fourth-order valence-corrected chi connectivity index (χ4v) is 6.93. The molecule has 5 nitrogen and oxygen atoms in total. The Bertz CT molecular complexity index is 2190. The second-order valence-electron chi connectivity index (χ2n) is 12.3. The number of hydrogen-bond acceptors (Lipinski definition) is 3. The van der Waals surface area contributed by atoms with E-state index >= 15 is 0 Å². The van der Waals surface area contributed by atoms with Gasteiger partial charge in [-0.1, -0.05) is 146 Å². The first-order valence-electron chi connectivity index (χ1n) is 16.2. The van der Waals surface area contributed by atoms with Gasteiger partial charge in [-0.2, -0.15) is 0 Å². The molecule has 2 amide bonds. The van der Waals surface area contributed by atoms with Crippen LogP contribution in [0.5, 0.6) is 0 Å². The van der Waals surface area contributed by atoms with Crippen molar-refractivity contribution >= 4 is 11.6 Å². The SMILES string of the molecule is CN1C(=O)N(C)C2C(c3cccc(-c4cc(-c5ccc(-c6ccccc6)cc5)nc(-c5ccccc5-c5ccccc5)n4)c3)=CC=CC21. The zero-order valence-corrected chi connectivity index (χ0v) is 26.9. The van der Waals surface area contributed by atoms with E-state index in [0.717, 1.165) is 55.9 Å². The number of benzene rings is 5. The summed E-state index contributed by atoms with van der Waals surface area (Å²) in [5.74, 6) is 0.669. The molecule has 2 aliphatic rings. The molecule has 1 aliphatic carbocycles. The maximum absolute atomic E-state index is 12.9. The van der Waals surface area contributed by atoms with Crippen molar-refractivity contribution in [1.82, 2.24) is 19.8 Å². The van der Waals surface area contributed by atoms with E-state index in [0.29, 0.717) is 5.82 Å². The summed E-state index contributed by atoms with van der Waals surface area (Å²) in [7, 11) is 3.76. The number of likely N-dealkylation sites (N-methyl/N-ethyl adjacent to an activating group) is 2. The van der Waals surface area contributed by atoms with Crippen molar-refractivity contribution < 1.29 is 4.79 Å². The average Bonchev–Trinajstić information content (AvgIpc) is 3.39. The second-order valence-corrected chi connectivity index (χ2v) is 12.3. The van der Waals surface area contributed by atoms with E-state index in [4.69, 9.17) is 9.97 Å². The number of nitrogens with zero attached hydrogens (tertiary/aromatic N) is 4. The largest absolute Gasteiger partial charge is 0.320 e. The predicted molar refractivity (Wildman–Crippen MR) is 195 cm³/mol. The number of aromatic nitrogens is 2. The Hall–Kier alpha value is -6.07. The third-order valence-corrected chi connectivity index (χ3v) is 9.45. The lowest BCUT2D eigenvalue weighted by molar-refractivity contribution is 0.202. The lowest BCUT2D eigenvalue weighted by Crippen LogP contribution is -2.36. The number of fused-ring (bicyclic) bond motifs is 1. The van der Waals surface area contributed by atoms with Gasteiger partial charge in [-0.15, -0.1) is 0 Å². The van der Waals surface area contributed by atoms with E-state index in [2.05, 4.69) is 140 Å². The van der Waals surface area contributed by atoms with Gasteiger partial charge in [0.05, 0.1) is 23.5 Å². The Labute approximate surface area is 281 Å². The number of carbonyl (C=O) groups is 1. The average molecular weight is 623 g/mol. The summed E-state index contributed by atoms with van der Waals surface area (Å²) in [6.07, 6.45) is 6.30. The van der Waals surface area contributed by atoms with Crippen LogP contribution in [0.25, 0.3) is 61.7 Å². The Morgan fingerprint density at radius 2 is 1.08 bits per heavy atom. The van der Waals surface area contributed by atoms with Crippen LogP contribution < -0.4 is 0 Å². The number of carbonyl (C=O) groups excluding carboxylic acids is 1. The molecule has 232 valence electrons. The van der Waals surface area contributed by atoms with Crippen molar-refractivity contribution in [3.8, 4) is 56.2 Å². The number of urea groups is 1. The smallest absolute Gasteiger partial charge is 0.319 e. The highest BCUT2D eigenvalue weighted by molar-refractivity contribution is 5.87. The van der Waals surface area contributed by atoms with E-state index in [-0.39, 0.29) is 18.1 Å². The summed E-state index contributed by atoms with van der Waals surface area (Å²) < 4.78 is 0. The van der Waals surface area contributed by atoms with Crippen LogP contribution in [-0.4, -0.2) is 52.0 Å². The summed E-state index contributed by atoms with van der Waals surface area (Å²) in [5, 5.41) is 0. The molecule has 48 heavy (non-hydrogen) atoms. The topological polar surface area (TPSA) is 49.3 Å². The van der Waals surface area contributed by atoms with Crippen molar-refractivity contribution in [1.29, 1.82) is 0 Å². The van der Waals surface area contributed by atoms with Crippen LogP contribution in [0.4, 0.5) is 4.79 Å². The molecule has 0 radical (unpaired) electrons. The predicted octanol–water partition coefficient (Wildman–Crippen LogP) is 9.50. The molecule has 1 fully saturated rings. The van der Waals surface area contributed by atoms with Gasteiger partial charge in [0.2, 0.25) is 0 Å². The van der Waals surface area contributed by atoms with Crippen LogP contribution in [0.15, 0.2) is 158 Å². The van der Waals surface area contributed by atoms with Gasteiger partial charge in [-0.3, -0.25) is 0 Å². The molecule has 0 bridgehead atoms. The Balaban J connectivity index is 1.25. The van der Waals surface area contributed by atoms with Crippen LogP contribution in [0, 0.1) is 0 Å². The summed E-state index contributed by atoms with van der Waals surface area (Å²) in [5.41, 5.74) is 11.4. The first-order valence-corrected chi connectivity index (χ1v) is 16.2. The Morgan fingerprint density at radius 3 is 1.81 bits per heavy atom. The maximum atomic E-state index is 12.9. The van der Waals surface area contributed by atoms with Gasteiger partial charge in [-0.25, -0.2) is 14.8 Å². The first-order chi connectivity index (χ1) is 23.5. The highest BCUT2D eigenvalue weighted by Crippen LogP contribution is 2.38. The first kappa shape index (κ1) is 29.3. The Kier molecular flexibility index (Phi) is 7.50. The highest BCUT2D eigenvalue weighted by Gasteiger charge is 2.43. The number of amides is 2. The van der Waals surface area contributed by atoms with Gasteiger partial charge in [-0.05, 0) is 45.5 Å². The lowest BCUT2D eigenvalue weighted by atomic mass is 9.88. The molecule has 2 unspecified atom stereocenters. The molecule has 2 heterocycles. The molecule has 8 rings (SSSR count). The molecular formula is C43H34N4O. The second kappa shape index (κ2) is 12.3. The molecule has 2 atom stereocenters. The van der Waals surface area contributed by atoms with Crippen molar-refractivity contribution in [3.63, 3.8) is 0 Å². The van der Waals surface area contributed by atoms with Gasteiger partial charge in [0.25, 0.3) is 0 Å². The molecule has 1 aliphatic heterocycles. The van der Waals surface area contributed by atoms with Crippen molar-refractivity contribution in [2.45, 2.75) is 12.1 Å². The van der Waals surface area contributed by atoms with E-state index in [1.54, 1.807) is 0 Å². The van der Waals surface area contributed by atoms with E-state index in [1.807, 2.05) is 42.1 Å². The Morgan fingerprint density at radius 1 is 0.521 bits per heavy atom. The molecule has 6 aromatic rings. The van der Waals surface area contributed by atoms with E-state index in [9.17, 15) is 4.79 Å². The summed E-state index contributed by atoms with van der Waals surface area (Å²) >= 11 is 0. The normalized spacial score (nSPS) is 17.0. The van der Waals surface area contributed by atoms with E-state index in [1.165, 1.54) is 5.56 Å². The highest BCUT2D eigenvalue weighted by atomic mass is 16.2. The number of rotatable bonds is 6. The fourth-order valence-electron chi connectivity index (χ4n) is 6.93. The molecule has 0 saturated carbocycles. The lowest BCUT2D eigenvalue weighted by Gasteiger charge is -2.28. The monoisotopic (exact) mass is 622 g/mol. The van der Waals surface area contributed by atoms with Crippen LogP contribution >= 0.6 is 0 Å². The van der Waals surface area contributed by atoms with Crippen LogP contribution in [0.1, 0.15) is 5.56 Å². The van der Waals surface area contributed by atoms with Gasteiger partial charge in [0, 0.05) is 30.8 Å². The van der Waals surface area contributed by atoms with Crippen molar-refractivity contribution in [2.24, 2.45) is 0 Å². The number of hydrogen-bond donors (Lipinski definition) is 0. The molecule has 1 aromatic heterocycles. The van der Waals surface area contributed by atoms with Gasteiger partial charge >= 0.3 is 6.03 Å². The van der Waals surface area contributed by atoms with Gasteiger partial charge < -0.3 is 9.80 Å². The third-order valence-electron chi connectivity index (χ3n) is 9.45. The summed E-state index contributed by atoms with van der Waals surface area (Å²) in [6.45, 7) is 0. The molecule has 1 saturated heterocycles.